The molecule has 0 N–H and O–H groups in total. The Morgan fingerprint density at radius 2 is 1.94 bits per heavy atom. The Labute approximate surface area is 125 Å². The zero-order valence-corrected chi connectivity index (χ0v) is 13.6. The van der Waals surface area contributed by atoms with Crippen LogP contribution >= 0.6 is 38.9 Å². The Kier molecular flexibility index (Phi) is 4.36. The van der Waals surface area contributed by atoms with E-state index in [-0.39, 0.29) is 5.38 Å². The van der Waals surface area contributed by atoms with Crippen molar-refractivity contribution in [3.63, 3.8) is 0 Å². The molecule has 0 saturated heterocycles. The summed E-state index contributed by atoms with van der Waals surface area (Å²) in [6, 6.07) is 6.26. The molecule has 0 bridgehead atoms. The number of rotatable bonds is 3. The number of methoxy groups -OCH3 is 1. The second-order valence-corrected chi connectivity index (χ2v) is 6.44. The summed E-state index contributed by atoms with van der Waals surface area (Å²) in [5.41, 5.74) is 3.55. The first-order chi connectivity index (χ1) is 8.52. The van der Waals surface area contributed by atoms with Crippen LogP contribution in [0.5, 0.6) is 5.75 Å². The molecule has 0 saturated carbocycles. The minimum absolute atomic E-state index is 0.120. The number of benzene rings is 1. The van der Waals surface area contributed by atoms with Gasteiger partial charge in [0.2, 0.25) is 0 Å². The monoisotopic (exact) mass is 344 g/mol. The Morgan fingerprint density at radius 3 is 2.56 bits per heavy atom. The van der Waals surface area contributed by atoms with Gasteiger partial charge >= 0.3 is 0 Å². The quantitative estimate of drug-likeness (QED) is 0.671. The van der Waals surface area contributed by atoms with Gasteiger partial charge in [-0.15, -0.1) is 22.9 Å². The molecule has 0 aliphatic heterocycles. The van der Waals surface area contributed by atoms with Crippen LogP contribution in [0.3, 0.4) is 0 Å². The van der Waals surface area contributed by atoms with E-state index in [0.717, 1.165) is 20.7 Å². The van der Waals surface area contributed by atoms with Crippen molar-refractivity contribution in [2.75, 3.05) is 7.11 Å². The number of alkyl halides is 1. The lowest BCUT2D eigenvalue weighted by Gasteiger charge is -2.13. The van der Waals surface area contributed by atoms with Crippen LogP contribution < -0.4 is 4.74 Å². The Balaban J connectivity index is 2.39. The van der Waals surface area contributed by atoms with Crippen LogP contribution in [0.4, 0.5) is 0 Å². The van der Waals surface area contributed by atoms with Crippen LogP contribution in [-0.4, -0.2) is 7.11 Å². The van der Waals surface area contributed by atoms with Crippen molar-refractivity contribution in [2.45, 2.75) is 19.2 Å². The van der Waals surface area contributed by atoms with Gasteiger partial charge in [-0.05, 0) is 42.7 Å². The first kappa shape index (κ1) is 13.9. The summed E-state index contributed by atoms with van der Waals surface area (Å²) in [5, 5.41) is 1.86. The third kappa shape index (κ3) is 2.73. The highest BCUT2D eigenvalue weighted by atomic mass is 79.9. The molecule has 1 heterocycles. The van der Waals surface area contributed by atoms with E-state index in [1.54, 1.807) is 18.4 Å². The van der Waals surface area contributed by atoms with Gasteiger partial charge in [0.15, 0.2) is 0 Å². The van der Waals surface area contributed by atoms with E-state index in [9.17, 15) is 0 Å². The molecular formula is C14H14BrClOS. The molecule has 0 spiro atoms. The van der Waals surface area contributed by atoms with Crippen molar-refractivity contribution in [1.82, 2.24) is 0 Å². The summed E-state index contributed by atoms with van der Waals surface area (Å²) in [6.45, 7) is 4.16. The molecule has 1 atom stereocenters. The molecule has 0 aliphatic carbocycles. The maximum absolute atomic E-state index is 6.57. The van der Waals surface area contributed by atoms with Gasteiger partial charge in [0.25, 0.3) is 0 Å². The van der Waals surface area contributed by atoms with Crippen molar-refractivity contribution >= 4 is 38.9 Å². The van der Waals surface area contributed by atoms with E-state index in [4.69, 9.17) is 16.3 Å². The average Bonchev–Trinajstić information content (AvgIpc) is 2.81. The predicted molar refractivity (Wildman–Crippen MR) is 82.2 cm³/mol. The lowest BCUT2D eigenvalue weighted by molar-refractivity contribution is 0.416. The summed E-state index contributed by atoms with van der Waals surface area (Å²) in [7, 11) is 1.67. The van der Waals surface area contributed by atoms with Crippen LogP contribution in [0, 0.1) is 13.8 Å². The summed E-state index contributed by atoms with van der Waals surface area (Å²) in [5.74, 6) is 0.868. The SMILES string of the molecule is COc1csc(C(Cl)c2cc(C)c(Br)cc2C)c1. The summed E-state index contributed by atoms with van der Waals surface area (Å²) in [4.78, 5) is 1.11. The summed E-state index contributed by atoms with van der Waals surface area (Å²) >= 11 is 11.7. The number of halogens is 2. The molecule has 0 radical (unpaired) electrons. The predicted octanol–water partition coefficient (Wildman–Crippen LogP) is 5.46. The van der Waals surface area contributed by atoms with Gasteiger partial charge in [-0.3, -0.25) is 0 Å². The zero-order valence-electron chi connectivity index (χ0n) is 10.5. The minimum Gasteiger partial charge on any atom is -0.496 e. The van der Waals surface area contributed by atoms with Gasteiger partial charge in [0.1, 0.15) is 5.75 Å². The van der Waals surface area contributed by atoms with Gasteiger partial charge in [-0.2, -0.15) is 0 Å². The summed E-state index contributed by atoms with van der Waals surface area (Å²) < 4.78 is 6.32. The van der Waals surface area contributed by atoms with E-state index in [2.05, 4.69) is 41.9 Å². The molecule has 2 rings (SSSR count). The Hall–Kier alpha value is -0.510. The largest absolute Gasteiger partial charge is 0.496 e. The van der Waals surface area contributed by atoms with Gasteiger partial charge < -0.3 is 4.74 Å². The van der Waals surface area contributed by atoms with Crippen LogP contribution in [0.1, 0.15) is 26.9 Å². The van der Waals surface area contributed by atoms with Gasteiger partial charge in [0.05, 0.1) is 12.5 Å². The third-order valence-electron chi connectivity index (χ3n) is 2.90. The van der Waals surface area contributed by atoms with Crippen molar-refractivity contribution in [3.05, 3.63) is 49.6 Å². The Morgan fingerprint density at radius 1 is 1.22 bits per heavy atom. The molecule has 1 aromatic carbocycles. The highest BCUT2D eigenvalue weighted by Crippen LogP contribution is 2.38. The second-order valence-electron chi connectivity index (χ2n) is 4.21. The van der Waals surface area contributed by atoms with E-state index < -0.39 is 0 Å². The first-order valence-electron chi connectivity index (χ1n) is 5.56. The fourth-order valence-corrected chi connectivity index (χ4v) is 3.56. The van der Waals surface area contributed by atoms with Crippen LogP contribution in [0.2, 0.25) is 0 Å². The van der Waals surface area contributed by atoms with Crippen LogP contribution in [-0.2, 0) is 0 Å². The fraction of sp³-hybridized carbons (Fsp3) is 0.286. The first-order valence-corrected chi connectivity index (χ1v) is 7.67. The zero-order chi connectivity index (χ0) is 13.3. The van der Waals surface area contributed by atoms with Gasteiger partial charge in [-0.25, -0.2) is 0 Å². The minimum atomic E-state index is -0.120. The average molecular weight is 346 g/mol. The van der Waals surface area contributed by atoms with Crippen molar-refractivity contribution in [2.24, 2.45) is 0 Å². The van der Waals surface area contributed by atoms with Crippen LogP contribution in [0.25, 0.3) is 0 Å². The summed E-state index contributed by atoms with van der Waals surface area (Å²) in [6.07, 6.45) is 0. The van der Waals surface area contributed by atoms with E-state index in [1.807, 2.05) is 11.4 Å². The molecule has 1 unspecified atom stereocenters. The second kappa shape index (κ2) is 5.64. The maximum atomic E-state index is 6.57. The van der Waals surface area contributed by atoms with Crippen LogP contribution in [0.15, 0.2) is 28.1 Å². The van der Waals surface area contributed by atoms with E-state index >= 15 is 0 Å². The Bertz CT molecular complexity index is 565. The molecule has 0 aliphatic rings. The van der Waals surface area contributed by atoms with Crippen molar-refractivity contribution in [3.8, 4) is 5.75 Å². The third-order valence-corrected chi connectivity index (χ3v) is 5.33. The normalized spacial score (nSPS) is 12.5. The molecule has 18 heavy (non-hydrogen) atoms. The molecule has 1 aromatic heterocycles. The van der Waals surface area contributed by atoms with Crippen molar-refractivity contribution in [1.29, 1.82) is 0 Å². The number of thiophene rings is 1. The van der Waals surface area contributed by atoms with Gasteiger partial charge in [0, 0.05) is 14.7 Å². The molecule has 0 fully saturated rings. The maximum Gasteiger partial charge on any atom is 0.129 e. The fourth-order valence-electron chi connectivity index (χ4n) is 1.80. The molecule has 4 heteroatoms. The lowest BCUT2D eigenvalue weighted by Crippen LogP contribution is -1.95. The van der Waals surface area contributed by atoms with E-state index in [0.29, 0.717) is 0 Å². The van der Waals surface area contributed by atoms with Gasteiger partial charge in [-0.1, -0.05) is 22.0 Å². The highest BCUT2D eigenvalue weighted by Gasteiger charge is 2.16. The number of ether oxygens (including phenoxy) is 1. The lowest BCUT2D eigenvalue weighted by atomic mass is 10.0. The standard InChI is InChI=1S/C14H14BrClOS/c1-8-5-12(15)9(2)4-11(8)14(16)13-6-10(17-3)7-18-13/h4-7,14H,1-3H3. The van der Waals surface area contributed by atoms with E-state index in [1.165, 1.54) is 11.1 Å². The molecule has 2 aromatic rings. The number of aryl methyl sites for hydroxylation is 2. The topological polar surface area (TPSA) is 9.23 Å². The molecule has 1 nitrogen and oxygen atoms in total. The molecule has 0 amide bonds. The van der Waals surface area contributed by atoms with Crippen molar-refractivity contribution < 1.29 is 4.74 Å². The smallest absolute Gasteiger partial charge is 0.129 e. The molecular weight excluding hydrogens is 332 g/mol. The number of hydrogen-bond acceptors (Lipinski definition) is 2. The number of hydrogen-bond donors (Lipinski definition) is 0. The molecule has 96 valence electrons. The highest BCUT2D eigenvalue weighted by molar-refractivity contribution is 9.10.